The third-order valence-corrected chi connectivity index (χ3v) is 6.59. The number of carbonyl (C=O) groups excluding carboxylic acids is 1. The Morgan fingerprint density at radius 3 is 2.64 bits per heavy atom. The fourth-order valence-corrected chi connectivity index (χ4v) is 4.69. The summed E-state index contributed by atoms with van der Waals surface area (Å²) in [5.41, 5.74) is 1.56. The maximum absolute atomic E-state index is 12.5. The predicted molar refractivity (Wildman–Crippen MR) is 109 cm³/mol. The molecule has 1 amide bonds. The molecule has 4 heterocycles. The van der Waals surface area contributed by atoms with Crippen LogP contribution < -0.4 is 0 Å². The number of piperidine rings is 2. The molecule has 2 aromatic heterocycles. The number of likely N-dealkylation sites (tertiary alicyclic amines) is 2. The summed E-state index contributed by atoms with van der Waals surface area (Å²) in [4.78, 5) is 25.7. The number of aryl methyl sites for hydroxylation is 1. The zero-order valence-corrected chi connectivity index (χ0v) is 16.9. The van der Waals surface area contributed by atoms with Gasteiger partial charge in [0.2, 0.25) is 5.91 Å². The molecule has 2 fully saturated rings. The van der Waals surface area contributed by atoms with E-state index in [9.17, 15) is 4.79 Å². The van der Waals surface area contributed by atoms with Crippen molar-refractivity contribution in [2.24, 2.45) is 5.41 Å². The molecule has 0 saturated carbocycles. The van der Waals surface area contributed by atoms with E-state index in [1.807, 2.05) is 30.7 Å². The van der Waals surface area contributed by atoms with Gasteiger partial charge in [0.25, 0.3) is 0 Å². The normalized spacial score (nSPS) is 20.0. The summed E-state index contributed by atoms with van der Waals surface area (Å²) < 4.78 is 2.23. The minimum atomic E-state index is 0.308. The molecule has 0 atom stereocenters. The van der Waals surface area contributed by atoms with Gasteiger partial charge in [0.1, 0.15) is 5.82 Å². The summed E-state index contributed by atoms with van der Waals surface area (Å²) in [7, 11) is 0. The predicted octanol–water partition coefficient (Wildman–Crippen LogP) is 2.75. The van der Waals surface area contributed by atoms with Crippen molar-refractivity contribution >= 4 is 5.91 Å². The smallest absolute Gasteiger partial charge is 0.222 e. The van der Waals surface area contributed by atoms with Gasteiger partial charge in [-0.3, -0.25) is 14.7 Å². The Labute approximate surface area is 167 Å². The van der Waals surface area contributed by atoms with Crippen LogP contribution in [0.2, 0.25) is 0 Å². The highest BCUT2D eigenvalue weighted by Gasteiger charge is 2.40. The van der Waals surface area contributed by atoms with Gasteiger partial charge in [-0.05, 0) is 68.8 Å². The first-order valence-electron chi connectivity index (χ1n) is 10.6. The quantitative estimate of drug-likeness (QED) is 0.772. The van der Waals surface area contributed by atoms with Crippen molar-refractivity contribution in [3.63, 3.8) is 0 Å². The summed E-state index contributed by atoms with van der Waals surface area (Å²) in [6, 6.07) is 4.09. The molecule has 6 nitrogen and oxygen atoms in total. The molecule has 150 valence electrons. The highest BCUT2D eigenvalue weighted by atomic mass is 16.2. The van der Waals surface area contributed by atoms with Gasteiger partial charge in [-0.2, -0.15) is 0 Å². The van der Waals surface area contributed by atoms with Crippen molar-refractivity contribution in [3.05, 3.63) is 48.3 Å². The number of aromatic nitrogens is 3. The third-order valence-electron chi connectivity index (χ3n) is 6.59. The molecule has 6 heteroatoms. The standard InChI is InChI=1S/C22H31N5O/c1-2-26-16-12-24-20(26)17-25-14-8-22(9-15-25)7-3-21(28)27(18-22)13-6-19-4-10-23-11-5-19/h4-5,10-12,16H,2-3,6-9,13-15,17-18H2,1H3. The number of pyridine rings is 1. The Kier molecular flexibility index (Phi) is 5.76. The Bertz CT molecular complexity index is 779. The van der Waals surface area contributed by atoms with Gasteiger partial charge in [-0.15, -0.1) is 0 Å². The number of hydrogen-bond donors (Lipinski definition) is 0. The Morgan fingerprint density at radius 1 is 1.11 bits per heavy atom. The van der Waals surface area contributed by atoms with Crippen LogP contribution in [0.5, 0.6) is 0 Å². The second-order valence-corrected chi connectivity index (χ2v) is 8.33. The van der Waals surface area contributed by atoms with E-state index in [2.05, 4.69) is 37.5 Å². The number of hydrogen-bond acceptors (Lipinski definition) is 4. The van der Waals surface area contributed by atoms with Crippen molar-refractivity contribution < 1.29 is 4.79 Å². The molecule has 0 N–H and O–H groups in total. The molecule has 2 aliphatic rings. The Hall–Kier alpha value is -2.21. The lowest BCUT2D eigenvalue weighted by atomic mass is 9.72. The van der Waals surface area contributed by atoms with Crippen LogP contribution in [0.3, 0.4) is 0 Å². The topological polar surface area (TPSA) is 54.3 Å². The second kappa shape index (κ2) is 8.43. The SMILES string of the molecule is CCn1ccnc1CN1CCC2(CCC(=O)N(CCc3ccncc3)C2)CC1. The molecule has 2 saturated heterocycles. The summed E-state index contributed by atoms with van der Waals surface area (Å²) >= 11 is 0. The molecule has 2 aliphatic heterocycles. The van der Waals surface area contributed by atoms with Crippen LogP contribution in [0.4, 0.5) is 0 Å². The van der Waals surface area contributed by atoms with Crippen LogP contribution in [0.1, 0.15) is 44.0 Å². The van der Waals surface area contributed by atoms with E-state index >= 15 is 0 Å². The number of carbonyl (C=O) groups is 1. The lowest BCUT2D eigenvalue weighted by molar-refractivity contribution is -0.139. The molecule has 4 rings (SSSR count). The van der Waals surface area contributed by atoms with Gasteiger partial charge in [-0.1, -0.05) is 0 Å². The fourth-order valence-electron chi connectivity index (χ4n) is 4.69. The van der Waals surface area contributed by atoms with Crippen molar-refractivity contribution in [1.29, 1.82) is 0 Å². The lowest BCUT2D eigenvalue weighted by Gasteiger charge is -2.47. The maximum Gasteiger partial charge on any atom is 0.222 e. The molecule has 0 radical (unpaired) electrons. The third kappa shape index (κ3) is 4.27. The lowest BCUT2D eigenvalue weighted by Crippen LogP contribution is -2.51. The largest absolute Gasteiger partial charge is 0.342 e. The van der Waals surface area contributed by atoms with Crippen LogP contribution in [0.15, 0.2) is 36.9 Å². The minimum Gasteiger partial charge on any atom is -0.342 e. The second-order valence-electron chi connectivity index (χ2n) is 8.33. The zero-order chi connectivity index (χ0) is 19.4. The highest BCUT2D eigenvalue weighted by Crippen LogP contribution is 2.40. The van der Waals surface area contributed by atoms with E-state index in [0.29, 0.717) is 17.7 Å². The van der Waals surface area contributed by atoms with Crippen molar-refractivity contribution in [3.8, 4) is 0 Å². The fraction of sp³-hybridized carbons (Fsp3) is 0.591. The van der Waals surface area contributed by atoms with Gasteiger partial charge in [0.15, 0.2) is 0 Å². The molecule has 2 aromatic rings. The number of imidazole rings is 1. The minimum absolute atomic E-state index is 0.308. The molecular formula is C22H31N5O. The van der Waals surface area contributed by atoms with Crippen LogP contribution in [0, 0.1) is 5.41 Å². The molecule has 1 spiro atoms. The summed E-state index contributed by atoms with van der Waals surface area (Å²) in [5.74, 6) is 1.49. The molecule has 0 unspecified atom stereocenters. The highest BCUT2D eigenvalue weighted by molar-refractivity contribution is 5.77. The first kappa shape index (κ1) is 19.1. The average molecular weight is 382 g/mol. The maximum atomic E-state index is 12.5. The van der Waals surface area contributed by atoms with E-state index in [0.717, 1.165) is 57.9 Å². The number of amides is 1. The van der Waals surface area contributed by atoms with Gasteiger partial charge in [0, 0.05) is 50.8 Å². The van der Waals surface area contributed by atoms with Gasteiger partial charge in [0.05, 0.1) is 6.54 Å². The first-order valence-corrected chi connectivity index (χ1v) is 10.6. The summed E-state index contributed by atoms with van der Waals surface area (Å²) in [6.07, 6.45) is 12.6. The number of nitrogens with zero attached hydrogens (tertiary/aromatic N) is 5. The summed E-state index contributed by atoms with van der Waals surface area (Å²) in [5, 5.41) is 0. The Balaban J connectivity index is 1.32. The van der Waals surface area contributed by atoms with Crippen LogP contribution in [-0.2, 0) is 24.3 Å². The van der Waals surface area contributed by atoms with E-state index in [1.54, 1.807) is 0 Å². The Morgan fingerprint density at radius 2 is 1.89 bits per heavy atom. The molecule has 28 heavy (non-hydrogen) atoms. The molecule has 0 bridgehead atoms. The molecule has 0 aliphatic carbocycles. The van der Waals surface area contributed by atoms with Crippen molar-refractivity contribution in [1.82, 2.24) is 24.3 Å². The van der Waals surface area contributed by atoms with E-state index in [-0.39, 0.29) is 0 Å². The van der Waals surface area contributed by atoms with Crippen molar-refractivity contribution in [2.75, 3.05) is 26.2 Å². The van der Waals surface area contributed by atoms with E-state index in [1.165, 1.54) is 18.4 Å². The van der Waals surface area contributed by atoms with Gasteiger partial charge >= 0.3 is 0 Å². The average Bonchev–Trinajstić information content (AvgIpc) is 3.18. The summed E-state index contributed by atoms with van der Waals surface area (Å²) in [6.45, 7) is 8.02. The molecule has 0 aromatic carbocycles. The monoisotopic (exact) mass is 381 g/mol. The zero-order valence-electron chi connectivity index (χ0n) is 16.9. The van der Waals surface area contributed by atoms with Crippen LogP contribution in [0.25, 0.3) is 0 Å². The van der Waals surface area contributed by atoms with Gasteiger partial charge < -0.3 is 9.47 Å². The van der Waals surface area contributed by atoms with Crippen LogP contribution in [-0.4, -0.2) is 56.4 Å². The van der Waals surface area contributed by atoms with E-state index in [4.69, 9.17) is 0 Å². The molecular weight excluding hydrogens is 350 g/mol. The number of rotatable bonds is 6. The van der Waals surface area contributed by atoms with Crippen molar-refractivity contribution in [2.45, 2.75) is 52.1 Å². The van der Waals surface area contributed by atoms with Gasteiger partial charge in [-0.25, -0.2) is 4.98 Å². The van der Waals surface area contributed by atoms with E-state index < -0.39 is 0 Å². The first-order chi connectivity index (χ1) is 13.7. The van der Waals surface area contributed by atoms with Crippen LogP contribution >= 0.6 is 0 Å².